The summed E-state index contributed by atoms with van der Waals surface area (Å²) < 4.78 is 5.92. The molecule has 0 aromatic heterocycles. The third-order valence-corrected chi connectivity index (χ3v) is 3.20. The lowest BCUT2D eigenvalue weighted by Crippen LogP contribution is -2.37. The summed E-state index contributed by atoms with van der Waals surface area (Å²) in [5, 5.41) is 9.34. The summed E-state index contributed by atoms with van der Waals surface area (Å²) in [6.45, 7) is 7.81. The van der Waals surface area contributed by atoms with Gasteiger partial charge in [0.25, 0.3) is 0 Å². The van der Waals surface area contributed by atoms with Gasteiger partial charge in [-0.25, -0.2) is 0 Å². The fraction of sp³-hybridized carbons (Fsp3) is 0.500. The van der Waals surface area contributed by atoms with Crippen molar-refractivity contribution in [3.05, 3.63) is 28.8 Å². The van der Waals surface area contributed by atoms with E-state index in [9.17, 15) is 9.90 Å². The number of carboxylic acid groups (broad SMARTS) is 1. The Morgan fingerprint density at radius 1 is 1.41 bits per heavy atom. The van der Waals surface area contributed by atoms with E-state index in [0.717, 1.165) is 22.4 Å². The average molecular weight is 234 g/mol. The molecule has 1 atom stereocenters. The number of rotatable bonds is 1. The van der Waals surface area contributed by atoms with Crippen LogP contribution >= 0.6 is 0 Å². The van der Waals surface area contributed by atoms with Crippen molar-refractivity contribution in [2.24, 2.45) is 0 Å². The predicted molar refractivity (Wildman–Crippen MR) is 65.6 cm³/mol. The standard InChI is InChI=1S/C14H18O3/c1-8-5-9(2)12-10(6-8)11(13(15)16)7-14(3,4)17-12/h5-6,11H,7H2,1-4H3,(H,15,16). The second-order valence-corrected chi connectivity index (χ2v) is 5.46. The topological polar surface area (TPSA) is 46.5 Å². The van der Waals surface area contributed by atoms with Crippen LogP contribution in [-0.4, -0.2) is 16.7 Å². The monoisotopic (exact) mass is 234 g/mol. The lowest BCUT2D eigenvalue weighted by molar-refractivity contribution is -0.140. The van der Waals surface area contributed by atoms with Gasteiger partial charge in [-0.15, -0.1) is 0 Å². The van der Waals surface area contributed by atoms with Gasteiger partial charge in [0.05, 0.1) is 5.92 Å². The fourth-order valence-electron chi connectivity index (χ4n) is 2.53. The maximum atomic E-state index is 11.4. The number of aryl methyl sites for hydroxylation is 2. The zero-order chi connectivity index (χ0) is 12.8. The molecule has 0 aliphatic carbocycles. The molecule has 1 unspecified atom stereocenters. The van der Waals surface area contributed by atoms with Crippen molar-refractivity contribution in [2.45, 2.75) is 45.6 Å². The zero-order valence-corrected chi connectivity index (χ0v) is 10.7. The third-order valence-electron chi connectivity index (χ3n) is 3.20. The second kappa shape index (κ2) is 3.76. The first-order valence-electron chi connectivity index (χ1n) is 5.83. The molecule has 17 heavy (non-hydrogen) atoms. The maximum Gasteiger partial charge on any atom is 0.311 e. The van der Waals surface area contributed by atoms with Crippen LogP contribution in [-0.2, 0) is 4.79 Å². The molecule has 0 radical (unpaired) electrons. The molecule has 0 bridgehead atoms. The molecular weight excluding hydrogens is 216 g/mol. The molecule has 3 heteroatoms. The van der Waals surface area contributed by atoms with Gasteiger partial charge >= 0.3 is 5.97 Å². The Balaban J connectivity index is 2.60. The molecular formula is C14H18O3. The molecule has 1 aromatic rings. The van der Waals surface area contributed by atoms with E-state index in [4.69, 9.17) is 4.74 Å². The molecule has 1 aliphatic rings. The number of fused-ring (bicyclic) bond motifs is 1. The summed E-state index contributed by atoms with van der Waals surface area (Å²) in [7, 11) is 0. The van der Waals surface area contributed by atoms with Gasteiger partial charge in [0.15, 0.2) is 0 Å². The first-order valence-corrected chi connectivity index (χ1v) is 5.83. The van der Waals surface area contributed by atoms with Gasteiger partial charge in [-0.1, -0.05) is 17.7 Å². The SMILES string of the molecule is Cc1cc(C)c2c(c1)C(C(=O)O)CC(C)(C)O2. The predicted octanol–water partition coefficient (Wildman–Crippen LogP) is 3.03. The quantitative estimate of drug-likeness (QED) is 0.812. The molecule has 0 amide bonds. The van der Waals surface area contributed by atoms with Crippen molar-refractivity contribution >= 4 is 5.97 Å². The van der Waals surface area contributed by atoms with Crippen molar-refractivity contribution in [1.29, 1.82) is 0 Å². The summed E-state index contributed by atoms with van der Waals surface area (Å²) in [5.41, 5.74) is 2.49. The molecule has 2 rings (SSSR count). The van der Waals surface area contributed by atoms with Gasteiger partial charge in [-0.05, 0) is 33.3 Å². The molecule has 1 aromatic carbocycles. The highest BCUT2D eigenvalue weighted by Crippen LogP contribution is 2.43. The molecule has 92 valence electrons. The Kier molecular flexibility index (Phi) is 2.64. The Bertz CT molecular complexity index is 475. The van der Waals surface area contributed by atoms with E-state index in [1.807, 2.05) is 39.8 Å². The van der Waals surface area contributed by atoms with Crippen LogP contribution in [0, 0.1) is 13.8 Å². The average Bonchev–Trinajstić information content (AvgIpc) is 2.17. The van der Waals surface area contributed by atoms with E-state index >= 15 is 0 Å². The Morgan fingerprint density at radius 2 is 2.06 bits per heavy atom. The number of hydrogen-bond acceptors (Lipinski definition) is 2. The summed E-state index contributed by atoms with van der Waals surface area (Å²) in [4.78, 5) is 11.4. The van der Waals surface area contributed by atoms with E-state index in [0.29, 0.717) is 6.42 Å². The normalized spacial score (nSPS) is 21.5. The minimum absolute atomic E-state index is 0.421. The smallest absolute Gasteiger partial charge is 0.311 e. The van der Waals surface area contributed by atoms with E-state index in [2.05, 4.69) is 0 Å². The Morgan fingerprint density at radius 3 is 2.65 bits per heavy atom. The van der Waals surface area contributed by atoms with Crippen LogP contribution in [0.5, 0.6) is 5.75 Å². The van der Waals surface area contributed by atoms with Crippen molar-refractivity contribution in [3.63, 3.8) is 0 Å². The second-order valence-electron chi connectivity index (χ2n) is 5.46. The summed E-state index contributed by atoms with van der Waals surface area (Å²) in [5.74, 6) is -0.487. The van der Waals surface area contributed by atoms with Crippen LogP contribution < -0.4 is 4.74 Å². The van der Waals surface area contributed by atoms with Crippen LogP contribution in [0.25, 0.3) is 0 Å². The van der Waals surface area contributed by atoms with Crippen molar-refractivity contribution in [3.8, 4) is 5.75 Å². The van der Waals surface area contributed by atoms with E-state index in [1.165, 1.54) is 0 Å². The highest BCUT2D eigenvalue weighted by Gasteiger charge is 2.38. The lowest BCUT2D eigenvalue weighted by atomic mass is 9.83. The molecule has 1 aliphatic heterocycles. The van der Waals surface area contributed by atoms with Crippen LogP contribution in [0.1, 0.15) is 42.9 Å². The van der Waals surface area contributed by atoms with Gasteiger partial charge in [0.1, 0.15) is 11.4 Å². The minimum Gasteiger partial charge on any atom is -0.487 e. The number of carbonyl (C=O) groups is 1. The van der Waals surface area contributed by atoms with Crippen molar-refractivity contribution in [1.82, 2.24) is 0 Å². The van der Waals surface area contributed by atoms with Gasteiger partial charge < -0.3 is 9.84 Å². The maximum absolute atomic E-state index is 11.4. The molecule has 0 spiro atoms. The largest absolute Gasteiger partial charge is 0.487 e. The highest BCUT2D eigenvalue weighted by atomic mass is 16.5. The molecule has 3 nitrogen and oxygen atoms in total. The van der Waals surface area contributed by atoms with Crippen LogP contribution in [0.4, 0.5) is 0 Å². The van der Waals surface area contributed by atoms with Gasteiger partial charge in [-0.2, -0.15) is 0 Å². The van der Waals surface area contributed by atoms with Gasteiger partial charge in [0, 0.05) is 12.0 Å². The van der Waals surface area contributed by atoms with Crippen molar-refractivity contribution < 1.29 is 14.6 Å². The van der Waals surface area contributed by atoms with E-state index in [1.54, 1.807) is 0 Å². The fourth-order valence-corrected chi connectivity index (χ4v) is 2.53. The Labute approximate surface area is 101 Å². The summed E-state index contributed by atoms with van der Waals surface area (Å²) >= 11 is 0. The number of aliphatic carboxylic acids is 1. The number of benzene rings is 1. The molecule has 1 heterocycles. The zero-order valence-electron chi connectivity index (χ0n) is 10.7. The minimum atomic E-state index is -0.771. The highest BCUT2D eigenvalue weighted by molar-refractivity contribution is 5.78. The molecule has 0 saturated carbocycles. The van der Waals surface area contributed by atoms with Crippen molar-refractivity contribution in [2.75, 3.05) is 0 Å². The van der Waals surface area contributed by atoms with E-state index < -0.39 is 17.5 Å². The lowest BCUT2D eigenvalue weighted by Gasteiger charge is -2.37. The summed E-state index contributed by atoms with van der Waals surface area (Å²) in [6, 6.07) is 3.95. The summed E-state index contributed by atoms with van der Waals surface area (Å²) in [6.07, 6.45) is 0.512. The van der Waals surface area contributed by atoms with Crippen LogP contribution in [0.3, 0.4) is 0 Å². The number of ether oxygens (including phenoxy) is 1. The first kappa shape index (κ1) is 12.0. The number of hydrogen-bond donors (Lipinski definition) is 1. The van der Waals surface area contributed by atoms with Gasteiger partial charge in [0.2, 0.25) is 0 Å². The molecule has 0 saturated heterocycles. The molecule has 1 N–H and O–H groups in total. The first-order chi connectivity index (χ1) is 7.80. The van der Waals surface area contributed by atoms with E-state index in [-0.39, 0.29) is 0 Å². The third kappa shape index (κ3) is 2.14. The molecule has 0 fully saturated rings. The van der Waals surface area contributed by atoms with Gasteiger partial charge in [-0.3, -0.25) is 4.79 Å². The Hall–Kier alpha value is -1.51. The van der Waals surface area contributed by atoms with Crippen LogP contribution in [0.2, 0.25) is 0 Å². The van der Waals surface area contributed by atoms with Crippen LogP contribution in [0.15, 0.2) is 12.1 Å². The number of carboxylic acids is 1.